The highest BCUT2D eigenvalue weighted by Gasteiger charge is 2.18. The maximum Gasteiger partial charge on any atom is 0.309 e. The molecule has 0 bridgehead atoms. The molecule has 3 nitrogen and oxygen atoms in total. The normalized spacial score (nSPS) is 12.5. The molecule has 2 atom stereocenters. The highest BCUT2D eigenvalue weighted by atomic mass is 35.5. The van der Waals surface area contributed by atoms with Gasteiger partial charge in [0.25, 0.3) is 0 Å². The predicted octanol–water partition coefficient (Wildman–Crippen LogP) is 5.41. The lowest BCUT2D eigenvalue weighted by atomic mass is 9.95. The van der Waals surface area contributed by atoms with Gasteiger partial charge in [0.05, 0.1) is 5.92 Å². The number of halogens is 1. The molecule has 2 unspecified atom stereocenters. The van der Waals surface area contributed by atoms with Crippen LogP contribution in [0.25, 0.3) is 11.1 Å². The molecule has 3 rings (SSSR count). The van der Waals surface area contributed by atoms with E-state index < -0.39 is 0 Å². The molecule has 3 aromatic rings. The second-order valence-electron chi connectivity index (χ2n) is 7.26. The Morgan fingerprint density at radius 2 is 1.38 bits per heavy atom. The van der Waals surface area contributed by atoms with Crippen LogP contribution in [-0.2, 0) is 22.6 Å². The largest absolute Gasteiger partial charge is 0.461 e. The van der Waals surface area contributed by atoms with Crippen molar-refractivity contribution in [3.63, 3.8) is 0 Å². The summed E-state index contributed by atoms with van der Waals surface area (Å²) in [6.07, 6.45) is 1.35. The molecule has 152 valence electrons. The third kappa shape index (κ3) is 7.04. The molecule has 0 aromatic heterocycles. The van der Waals surface area contributed by atoms with Gasteiger partial charge in [0.2, 0.25) is 0 Å². The summed E-state index contributed by atoms with van der Waals surface area (Å²) < 4.78 is 5.41. The van der Waals surface area contributed by atoms with E-state index in [2.05, 4.69) is 36.4 Å². The van der Waals surface area contributed by atoms with Crippen molar-refractivity contribution in [2.75, 3.05) is 0 Å². The molecule has 29 heavy (non-hydrogen) atoms. The highest BCUT2D eigenvalue weighted by molar-refractivity contribution is 5.85. The Hall–Kier alpha value is -2.62. The van der Waals surface area contributed by atoms with E-state index in [-0.39, 0.29) is 30.3 Å². The van der Waals surface area contributed by atoms with Gasteiger partial charge in [-0.25, -0.2) is 0 Å². The molecule has 3 aromatic carbocycles. The minimum atomic E-state index is -0.220. The number of esters is 1. The standard InChI is InChI=1S/C25H27NO2.ClH/c1-19(25(27)28-18-21-8-4-2-5-9-21)16-24(26)17-20-12-14-23(15-13-20)22-10-6-3-7-11-22;/h2-15,19,24H,16-18,26H2,1H3;1H. The zero-order valence-electron chi connectivity index (χ0n) is 16.7. The Bertz CT molecular complexity index is 866. The maximum atomic E-state index is 12.2. The maximum absolute atomic E-state index is 12.2. The Labute approximate surface area is 179 Å². The summed E-state index contributed by atoms with van der Waals surface area (Å²) in [7, 11) is 0. The van der Waals surface area contributed by atoms with E-state index in [9.17, 15) is 4.79 Å². The van der Waals surface area contributed by atoms with E-state index in [1.54, 1.807) is 0 Å². The molecule has 0 aliphatic heterocycles. The highest BCUT2D eigenvalue weighted by Crippen LogP contribution is 2.20. The topological polar surface area (TPSA) is 52.3 Å². The first kappa shape index (κ1) is 22.7. The lowest BCUT2D eigenvalue weighted by Crippen LogP contribution is -2.29. The van der Waals surface area contributed by atoms with Crippen LogP contribution in [0.4, 0.5) is 0 Å². The third-order valence-electron chi connectivity index (χ3n) is 4.84. The van der Waals surface area contributed by atoms with Gasteiger partial charge >= 0.3 is 5.97 Å². The number of hydrogen-bond donors (Lipinski definition) is 1. The van der Waals surface area contributed by atoms with Crippen LogP contribution in [0.1, 0.15) is 24.5 Å². The van der Waals surface area contributed by atoms with E-state index >= 15 is 0 Å². The molecular formula is C25H28ClNO2. The van der Waals surface area contributed by atoms with Gasteiger partial charge in [-0.3, -0.25) is 4.79 Å². The molecule has 0 aliphatic rings. The molecule has 0 spiro atoms. The van der Waals surface area contributed by atoms with E-state index in [1.165, 1.54) is 16.7 Å². The zero-order valence-corrected chi connectivity index (χ0v) is 17.5. The minimum absolute atomic E-state index is 0. The van der Waals surface area contributed by atoms with Crippen LogP contribution in [0.15, 0.2) is 84.9 Å². The van der Waals surface area contributed by atoms with Gasteiger partial charge < -0.3 is 10.5 Å². The summed E-state index contributed by atoms with van der Waals surface area (Å²) in [4.78, 5) is 12.2. The van der Waals surface area contributed by atoms with Crippen LogP contribution in [0.3, 0.4) is 0 Å². The van der Waals surface area contributed by atoms with Gasteiger partial charge in [-0.1, -0.05) is 91.9 Å². The van der Waals surface area contributed by atoms with E-state index in [1.807, 2.05) is 55.5 Å². The molecule has 4 heteroatoms. The van der Waals surface area contributed by atoms with Gasteiger partial charge in [-0.05, 0) is 35.1 Å². The van der Waals surface area contributed by atoms with Crippen LogP contribution < -0.4 is 5.73 Å². The predicted molar refractivity (Wildman–Crippen MR) is 121 cm³/mol. The van der Waals surface area contributed by atoms with E-state index in [0.29, 0.717) is 13.0 Å². The second kappa shape index (κ2) is 11.4. The monoisotopic (exact) mass is 409 g/mol. The number of carbonyl (C=O) groups is 1. The number of carbonyl (C=O) groups excluding carboxylic acids is 1. The van der Waals surface area contributed by atoms with E-state index in [4.69, 9.17) is 10.5 Å². The van der Waals surface area contributed by atoms with Crippen LogP contribution in [0.2, 0.25) is 0 Å². The van der Waals surface area contributed by atoms with Crippen molar-refractivity contribution >= 4 is 18.4 Å². The van der Waals surface area contributed by atoms with Crippen molar-refractivity contribution in [3.05, 3.63) is 96.1 Å². The molecule has 0 heterocycles. The first-order chi connectivity index (χ1) is 13.6. The first-order valence-electron chi connectivity index (χ1n) is 9.72. The molecule has 0 aliphatic carbocycles. The van der Waals surface area contributed by atoms with E-state index in [0.717, 1.165) is 12.0 Å². The summed E-state index contributed by atoms with van der Waals surface area (Å²) in [5.74, 6) is -0.416. The fourth-order valence-corrected chi connectivity index (χ4v) is 3.27. The lowest BCUT2D eigenvalue weighted by Gasteiger charge is -2.17. The van der Waals surface area contributed by atoms with Crippen molar-refractivity contribution in [1.82, 2.24) is 0 Å². The molecule has 0 fully saturated rings. The molecule has 2 N–H and O–H groups in total. The molecule has 0 saturated carbocycles. The van der Waals surface area contributed by atoms with Crippen molar-refractivity contribution in [2.45, 2.75) is 32.4 Å². The summed E-state index contributed by atoms with van der Waals surface area (Å²) in [5.41, 5.74) is 10.9. The fraction of sp³-hybridized carbons (Fsp3) is 0.240. The van der Waals surface area contributed by atoms with Crippen molar-refractivity contribution in [3.8, 4) is 11.1 Å². The summed E-state index contributed by atoms with van der Waals surface area (Å²) in [6.45, 7) is 2.19. The van der Waals surface area contributed by atoms with Crippen LogP contribution in [0, 0.1) is 5.92 Å². The molecular weight excluding hydrogens is 382 g/mol. The number of rotatable bonds is 8. The minimum Gasteiger partial charge on any atom is -0.461 e. The Morgan fingerprint density at radius 3 is 2.00 bits per heavy atom. The average Bonchev–Trinajstić information content (AvgIpc) is 2.74. The second-order valence-corrected chi connectivity index (χ2v) is 7.26. The van der Waals surface area contributed by atoms with Crippen molar-refractivity contribution in [1.29, 1.82) is 0 Å². The van der Waals surface area contributed by atoms with Gasteiger partial charge in [-0.2, -0.15) is 0 Å². The molecule has 0 amide bonds. The van der Waals surface area contributed by atoms with Crippen LogP contribution >= 0.6 is 12.4 Å². The quantitative estimate of drug-likeness (QED) is 0.505. The summed E-state index contributed by atoms with van der Waals surface area (Å²) >= 11 is 0. The first-order valence-corrected chi connectivity index (χ1v) is 9.72. The number of ether oxygens (including phenoxy) is 1. The van der Waals surface area contributed by atoms with Crippen LogP contribution in [0.5, 0.6) is 0 Å². The Morgan fingerprint density at radius 1 is 0.828 bits per heavy atom. The lowest BCUT2D eigenvalue weighted by molar-refractivity contribution is -0.149. The third-order valence-corrected chi connectivity index (χ3v) is 4.84. The molecule has 0 radical (unpaired) electrons. The number of nitrogens with two attached hydrogens (primary N) is 1. The number of hydrogen-bond acceptors (Lipinski definition) is 3. The Balaban J connectivity index is 0.00000300. The summed E-state index contributed by atoms with van der Waals surface area (Å²) in [5, 5.41) is 0. The number of benzene rings is 3. The van der Waals surface area contributed by atoms with Gasteiger partial charge in [0, 0.05) is 6.04 Å². The van der Waals surface area contributed by atoms with Crippen LogP contribution in [-0.4, -0.2) is 12.0 Å². The molecule has 0 saturated heterocycles. The SMILES string of the molecule is CC(CC(N)Cc1ccc(-c2ccccc2)cc1)C(=O)OCc1ccccc1.Cl. The fourth-order valence-electron chi connectivity index (χ4n) is 3.27. The van der Waals surface area contributed by atoms with Crippen molar-refractivity contribution < 1.29 is 9.53 Å². The average molecular weight is 410 g/mol. The Kier molecular flexibility index (Phi) is 8.91. The van der Waals surface area contributed by atoms with Gasteiger partial charge in [0.15, 0.2) is 0 Å². The van der Waals surface area contributed by atoms with Crippen molar-refractivity contribution in [2.24, 2.45) is 11.7 Å². The van der Waals surface area contributed by atoms with Gasteiger partial charge in [0.1, 0.15) is 6.61 Å². The summed E-state index contributed by atoms with van der Waals surface area (Å²) in [6, 6.07) is 28.4. The zero-order chi connectivity index (χ0) is 19.8. The van der Waals surface area contributed by atoms with Gasteiger partial charge in [-0.15, -0.1) is 12.4 Å². The smallest absolute Gasteiger partial charge is 0.309 e.